The molecule has 0 aromatic carbocycles. The first kappa shape index (κ1) is 21.4. The molecule has 1 atom stereocenters. The van der Waals surface area contributed by atoms with Crippen LogP contribution in [0.15, 0.2) is 23.3 Å². The Hall–Kier alpha value is -1.86. The third kappa shape index (κ3) is 5.85. The third-order valence-electron chi connectivity index (χ3n) is 6.43. The molecule has 3 aliphatic heterocycles. The summed E-state index contributed by atoms with van der Waals surface area (Å²) in [5.41, 5.74) is 1.18. The molecule has 3 aliphatic rings. The number of hydrogen-bond acceptors (Lipinski definition) is 5. The van der Waals surface area contributed by atoms with Gasteiger partial charge in [0, 0.05) is 52.6 Å². The molecule has 1 unspecified atom stereocenters. The van der Waals surface area contributed by atoms with Crippen molar-refractivity contribution in [3.05, 3.63) is 23.9 Å². The second kappa shape index (κ2) is 11.0. The van der Waals surface area contributed by atoms with Gasteiger partial charge in [0.1, 0.15) is 5.82 Å². The Balaban J connectivity index is 1.18. The second-order valence-corrected chi connectivity index (χ2v) is 8.63. The van der Waals surface area contributed by atoms with Crippen molar-refractivity contribution in [1.29, 1.82) is 0 Å². The number of anilines is 1. The lowest BCUT2D eigenvalue weighted by molar-refractivity contribution is -0.0721. The fourth-order valence-electron chi connectivity index (χ4n) is 4.58. The molecule has 7 nitrogen and oxygen atoms in total. The summed E-state index contributed by atoms with van der Waals surface area (Å²) in [6.07, 6.45) is 10.9. The van der Waals surface area contributed by atoms with E-state index < -0.39 is 0 Å². The molecule has 0 amide bonds. The maximum absolute atomic E-state index is 6.14. The summed E-state index contributed by atoms with van der Waals surface area (Å²) in [5.74, 6) is 2.06. The number of nitrogens with zero attached hydrogens (tertiary/aromatic N) is 4. The zero-order valence-corrected chi connectivity index (χ0v) is 18.4. The van der Waals surface area contributed by atoms with Crippen molar-refractivity contribution in [1.82, 2.24) is 15.2 Å². The van der Waals surface area contributed by atoms with E-state index in [0.29, 0.717) is 12.2 Å². The molecule has 3 saturated heterocycles. The average Bonchev–Trinajstić information content (AvgIpc) is 3.35. The molecule has 0 bridgehead atoms. The van der Waals surface area contributed by atoms with Crippen LogP contribution in [-0.4, -0.2) is 74.5 Å². The van der Waals surface area contributed by atoms with E-state index in [9.17, 15) is 0 Å². The number of nitrogens with one attached hydrogen (secondary N) is 1. The standard InChI is InChI=1S/C23H37N5O2/c1-24-23(26-17-19-7-8-22(25-16-19)27-11-3-4-12-27)28-13-9-20(10-14-28)30-18-21-6-2-5-15-29-21/h7-8,16,20-21H,2-6,9-15,17-18H2,1H3,(H,24,26). The van der Waals surface area contributed by atoms with Gasteiger partial charge in [-0.2, -0.15) is 0 Å². The number of guanidine groups is 1. The van der Waals surface area contributed by atoms with Crippen LogP contribution in [0.25, 0.3) is 0 Å². The fourth-order valence-corrected chi connectivity index (χ4v) is 4.58. The molecule has 0 radical (unpaired) electrons. The first-order valence-corrected chi connectivity index (χ1v) is 11.7. The number of aromatic nitrogens is 1. The van der Waals surface area contributed by atoms with Crippen molar-refractivity contribution in [2.24, 2.45) is 4.99 Å². The molecule has 7 heteroatoms. The number of piperidine rings is 1. The Labute approximate surface area is 180 Å². The number of aliphatic imine (C=N–C) groups is 1. The van der Waals surface area contributed by atoms with Gasteiger partial charge in [0.2, 0.25) is 0 Å². The number of rotatable bonds is 6. The van der Waals surface area contributed by atoms with Crippen LogP contribution >= 0.6 is 0 Å². The van der Waals surface area contributed by atoms with Gasteiger partial charge < -0.3 is 24.6 Å². The highest BCUT2D eigenvalue weighted by Gasteiger charge is 2.23. The van der Waals surface area contributed by atoms with E-state index in [1.54, 1.807) is 0 Å². The SMILES string of the molecule is CN=C(NCc1ccc(N2CCCC2)nc1)N1CCC(OCC2CCCCO2)CC1. The average molecular weight is 416 g/mol. The molecule has 0 spiro atoms. The van der Waals surface area contributed by atoms with E-state index in [0.717, 1.165) is 77.0 Å². The van der Waals surface area contributed by atoms with Crippen molar-refractivity contribution in [3.8, 4) is 0 Å². The minimum Gasteiger partial charge on any atom is -0.376 e. The highest BCUT2D eigenvalue weighted by molar-refractivity contribution is 5.79. The zero-order chi connectivity index (χ0) is 20.6. The van der Waals surface area contributed by atoms with E-state index >= 15 is 0 Å². The highest BCUT2D eigenvalue weighted by atomic mass is 16.5. The van der Waals surface area contributed by atoms with Crippen LogP contribution in [0.3, 0.4) is 0 Å². The molecular formula is C23H37N5O2. The van der Waals surface area contributed by atoms with Gasteiger partial charge in [-0.25, -0.2) is 4.98 Å². The molecule has 166 valence electrons. The molecule has 4 heterocycles. The Morgan fingerprint density at radius 2 is 1.97 bits per heavy atom. The van der Waals surface area contributed by atoms with Crippen LogP contribution < -0.4 is 10.2 Å². The van der Waals surface area contributed by atoms with E-state index in [4.69, 9.17) is 9.47 Å². The Bertz CT molecular complexity index is 661. The Morgan fingerprint density at radius 1 is 1.13 bits per heavy atom. The molecule has 0 aliphatic carbocycles. The van der Waals surface area contributed by atoms with Crippen molar-refractivity contribution in [2.45, 2.75) is 63.7 Å². The van der Waals surface area contributed by atoms with Gasteiger partial charge in [0.05, 0.1) is 18.8 Å². The smallest absolute Gasteiger partial charge is 0.193 e. The topological polar surface area (TPSA) is 62.2 Å². The van der Waals surface area contributed by atoms with Crippen molar-refractivity contribution in [3.63, 3.8) is 0 Å². The zero-order valence-electron chi connectivity index (χ0n) is 18.4. The van der Waals surface area contributed by atoms with Gasteiger partial charge in [0.25, 0.3) is 0 Å². The largest absolute Gasteiger partial charge is 0.376 e. The Kier molecular flexibility index (Phi) is 7.81. The molecule has 4 rings (SSSR count). The van der Waals surface area contributed by atoms with Crippen LogP contribution in [-0.2, 0) is 16.0 Å². The summed E-state index contributed by atoms with van der Waals surface area (Å²) in [7, 11) is 1.86. The first-order valence-electron chi connectivity index (χ1n) is 11.7. The van der Waals surface area contributed by atoms with Gasteiger partial charge in [-0.05, 0) is 56.6 Å². The molecule has 1 aromatic rings. The lowest BCUT2D eigenvalue weighted by Gasteiger charge is -2.35. The van der Waals surface area contributed by atoms with E-state index in [1.807, 2.05) is 13.2 Å². The van der Waals surface area contributed by atoms with Gasteiger partial charge in [0.15, 0.2) is 5.96 Å². The third-order valence-corrected chi connectivity index (χ3v) is 6.43. The normalized spacial score (nSPS) is 23.8. The van der Waals surface area contributed by atoms with Gasteiger partial charge in [-0.1, -0.05) is 6.07 Å². The van der Waals surface area contributed by atoms with Gasteiger partial charge >= 0.3 is 0 Å². The lowest BCUT2D eigenvalue weighted by Crippen LogP contribution is -2.47. The summed E-state index contributed by atoms with van der Waals surface area (Å²) in [5, 5.41) is 3.50. The lowest BCUT2D eigenvalue weighted by atomic mass is 10.1. The van der Waals surface area contributed by atoms with Gasteiger partial charge in [-0.15, -0.1) is 0 Å². The molecule has 30 heavy (non-hydrogen) atoms. The predicted octanol–water partition coefficient (Wildman–Crippen LogP) is 2.81. The van der Waals surface area contributed by atoms with Crippen molar-refractivity contribution < 1.29 is 9.47 Å². The Morgan fingerprint density at radius 3 is 2.63 bits per heavy atom. The monoisotopic (exact) mass is 415 g/mol. The van der Waals surface area contributed by atoms with Crippen LogP contribution in [0.5, 0.6) is 0 Å². The van der Waals surface area contributed by atoms with Crippen LogP contribution in [0.2, 0.25) is 0 Å². The maximum Gasteiger partial charge on any atom is 0.193 e. The van der Waals surface area contributed by atoms with E-state index in [1.165, 1.54) is 31.2 Å². The van der Waals surface area contributed by atoms with Crippen LogP contribution in [0.1, 0.15) is 50.5 Å². The van der Waals surface area contributed by atoms with E-state index in [-0.39, 0.29) is 0 Å². The summed E-state index contributed by atoms with van der Waals surface area (Å²) in [4.78, 5) is 13.8. The molecule has 1 N–H and O–H groups in total. The molecular weight excluding hydrogens is 378 g/mol. The molecule has 1 aromatic heterocycles. The number of likely N-dealkylation sites (tertiary alicyclic amines) is 1. The number of pyridine rings is 1. The highest BCUT2D eigenvalue weighted by Crippen LogP contribution is 2.19. The van der Waals surface area contributed by atoms with Crippen LogP contribution in [0.4, 0.5) is 5.82 Å². The van der Waals surface area contributed by atoms with Gasteiger partial charge in [-0.3, -0.25) is 4.99 Å². The summed E-state index contributed by atoms with van der Waals surface area (Å²) < 4.78 is 11.9. The minimum atomic E-state index is 0.302. The molecule has 3 fully saturated rings. The summed E-state index contributed by atoms with van der Waals surface area (Å²) in [6.45, 7) is 6.59. The quantitative estimate of drug-likeness (QED) is 0.569. The summed E-state index contributed by atoms with van der Waals surface area (Å²) in [6, 6.07) is 4.32. The van der Waals surface area contributed by atoms with Crippen LogP contribution in [0, 0.1) is 0 Å². The first-order chi connectivity index (χ1) is 14.8. The number of hydrogen-bond donors (Lipinski definition) is 1. The summed E-state index contributed by atoms with van der Waals surface area (Å²) >= 11 is 0. The maximum atomic E-state index is 6.14. The minimum absolute atomic E-state index is 0.302. The fraction of sp³-hybridized carbons (Fsp3) is 0.739. The van der Waals surface area contributed by atoms with E-state index in [2.05, 4.69) is 37.2 Å². The van der Waals surface area contributed by atoms with Crippen molar-refractivity contribution >= 4 is 11.8 Å². The second-order valence-electron chi connectivity index (χ2n) is 8.63. The molecule has 0 saturated carbocycles. The van der Waals surface area contributed by atoms with Crippen molar-refractivity contribution in [2.75, 3.05) is 51.3 Å². The number of ether oxygens (including phenoxy) is 2. The predicted molar refractivity (Wildman–Crippen MR) is 120 cm³/mol.